The number of amides is 2. The number of hydrogen-bond acceptors (Lipinski definition) is 5. The van der Waals surface area contributed by atoms with Crippen LogP contribution in [0.5, 0.6) is 5.75 Å². The molecule has 3 rings (SSSR count). The summed E-state index contributed by atoms with van der Waals surface area (Å²) in [4.78, 5) is 30.3. The van der Waals surface area contributed by atoms with Crippen molar-refractivity contribution in [1.82, 2.24) is 14.3 Å². The van der Waals surface area contributed by atoms with Crippen molar-refractivity contribution in [2.45, 2.75) is 6.42 Å². The largest absolute Gasteiger partial charge is 0.484 e. The Bertz CT molecular complexity index is 854. The van der Waals surface area contributed by atoms with Crippen LogP contribution in [0.3, 0.4) is 0 Å². The highest BCUT2D eigenvalue weighted by molar-refractivity contribution is 7.15. The summed E-state index contributed by atoms with van der Waals surface area (Å²) in [6, 6.07) is 6.90. The molecular weight excluding hydrogens is 340 g/mol. The van der Waals surface area contributed by atoms with E-state index in [0.717, 1.165) is 10.7 Å². The first-order valence-corrected chi connectivity index (χ1v) is 8.53. The first-order valence-electron chi connectivity index (χ1n) is 7.65. The van der Waals surface area contributed by atoms with Crippen molar-refractivity contribution in [3.63, 3.8) is 0 Å². The molecule has 2 aromatic heterocycles. The maximum Gasteiger partial charge on any atom is 0.259 e. The van der Waals surface area contributed by atoms with Gasteiger partial charge in [-0.05, 0) is 24.3 Å². The summed E-state index contributed by atoms with van der Waals surface area (Å²) in [5.41, 5.74) is 1.39. The van der Waals surface area contributed by atoms with Gasteiger partial charge in [0.15, 0.2) is 11.6 Å². The highest BCUT2D eigenvalue weighted by Crippen LogP contribution is 2.16. The maximum atomic E-state index is 12.1. The van der Waals surface area contributed by atoms with Gasteiger partial charge in [0, 0.05) is 37.6 Å². The quantitative estimate of drug-likeness (QED) is 0.732. The number of anilines is 1. The summed E-state index contributed by atoms with van der Waals surface area (Å²) >= 11 is 1.53. The predicted octanol–water partition coefficient (Wildman–Crippen LogP) is 2.04. The van der Waals surface area contributed by atoms with E-state index < -0.39 is 0 Å². The number of carbonyl (C=O) groups excluding carboxylic acids is 2. The van der Waals surface area contributed by atoms with Gasteiger partial charge in [0.2, 0.25) is 5.91 Å². The standard InChI is InChI=1S/C17H18N4O3S/c1-20(2)16(23)11-24-14-5-3-12(4-6-14)18-15(22)9-13-10-21-7-8-25-17(21)19-13/h3-8,10H,9,11H2,1-2H3,(H,18,22). The van der Waals surface area contributed by atoms with Gasteiger partial charge in [0.05, 0.1) is 12.1 Å². The van der Waals surface area contributed by atoms with Crippen molar-refractivity contribution in [2.24, 2.45) is 0 Å². The molecule has 8 heteroatoms. The number of imidazole rings is 1. The second kappa shape index (κ2) is 7.35. The van der Waals surface area contributed by atoms with Crippen molar-refractivity contribution in [3.05, 3.63) is 47.7 Å². The zero-order valence-corrected chi connectivity index (χ0v) is 14.7. The highest BCUT2D eigenvalue weighted by atomic mass is 32.1. The summed E-state index contributed by atoms with van der Waals surface area (Å²) < 4.78 is 7.29. The maximum absolute atomic E-state index is 12.1. The van der Waals surface area contributed by atoms with E-state index in [-0.39, 0.29) is 24.8 Å². The molecule has 0 saturated carbocycles. The van der Waals surface area contributed by atoms with Crippen LogP contribution in [-0.2, 0) is 16.0 Å². The molecular formula is C17H18N4O3S. The van der Waals surface area contributed by atoms with Crippen LogP contribution in [0.15, 0.2) is 42.0 Å². The number of ether oxygens (including phenoxy) is 1. The number of nitrogens with one attached hydrogen (secondary N) is 1. The lowest BCUT2D eigenvalue weighted by Gasteiger charge is -2.11. The van der Waals surface area contributed by atoms with Crippen molar-refractivity contribution in [2.75, 3.05) is 26.0 Å². The Balaban J connectivity index is 1.52. The van der Waals surface area contributed by atoms with E-state index >= 15 is 0 Å². The Labute approximate surface area is 148 Å². The van der Waals surface area contributed by atoms with E-state index in [4.69, 9.17) is 4.74 Å². The van der Waals surface area contributed by atoms with Crippen LogP contribution < -0.4 is 10.1 Å². The minimum atomic E-state index is -0.137. The number of nitrogens with zero attached hydrogens (tertiary/aromatic N) is 3. The van der Waals surface area contributed by atoms with Crippen molar-refractivity contribution < 1.29 is 14.3 Å². The lowest BCUT2D eigenvalue weighted by Crippen LogP contribution is -2.27. The van der Waals surface area contributed by atoms with Crippen LogP contribution in [0, 0.1) is 0 Å². The van der Waals surface area contributed by atoms with Gasteiger partial charge in [-0.2, -0.15) is 0 Å². The topological polar surface area (TPSA) is 75.9 Å². The Morgan fingerprint density at radius 1 is 1.28 bits per heavy atom. The lowest BCUT2D eigenvalue weighted by molar-refractivity contribution is -0.130. The molecule has 0 unspecified atom stereocenters. The van der Waals surface area contributed by atoms with Crippen LogP contribution in [-0.4, -0.2) is 46.8 Å². The number of fused-ring (bicyclic) bond motifs is 1. The average Bonchev–Trinajstić information content (AvgIpc) is 3.15. The summed E-state index contributed by atoms with van der Waals surface area (Å²) in [5.74, 6) is 0.321. The van der Waals surface area contributed by atoms with Crippen molar-refractivity contribution >= 4 is 33.8 Å². The third kappa shape index (κ3) is 4.36. The zero-order chi connectivity index (χ0) is 17.8. The van der Waals surface area contributed by atoms with Crippen LogP contribution in [0.25, 0.3) is 4.96 Å². The van der Waals surface area contributed by atoms with E-state index in [2.05, 4.69) is 10.3 Å². The van der Waals surface area contributed by atoms with Gasteiger partial charge >= 0.3 is 0 Å². The molecule has 3 aromatic rings. The molecule has 1 aromatic carbocycles. The molecule has 0 atom stereocenters. The fourth-order valence-electron chi connectivity index (χ4n) is 2.14. The first-order chi connectivity index (χ1) is 12.0. The predicted molar refractivity (Wildman–Crippen MR) is 96.0 cm³/mol. The third-order valence-corrected chi connectivity index (χ3v) is 4.25. The summed E-state index contributed by atoms with van der Waals surface area (Å²) in [6.07, 6.45) is 3.97. The van der Waals surface area contributed by atoms with E-state index in [1.165, 1.54) is 16.2 Å². The molecule has 2 heterocycles. The van der Waals surface area contributed by atoms with Gasteiger partial charge in [0.25, 0.3) is 5.91 Å². The van der Waals surface area contributed by atoms with Crippen LogP contribution >= 0.6 is 11.3 Å². The van der Waals surface area contributed by atoms with E-state index in [0.29, 0.717) is 11.4 Å². The second-order valence-electron chi connectivity index (χ2n) is 5.65. The van der Waals surface area contributed by atoms with Gasteiger partial charge in [-0.1, -0.05) is 0 Å². The molecule has 25 heavy (non-hydrogen) atoms. The van der Waals surface area contributed by atoms with Crippen molar-refractivity contribution in [3.8, 4) is 5.75 Å². The molecule has 0 spiro atoms. The SMILES string of the molecule is CN(C)C(=O)COc1ccc(NC(=O)Cc2cn3ccsc3n2)cc1. The number of benzene rings is 1. The van der Waals surface area contributed by atoms with Crippen LogP contribution in [0.2, 0.25) is 0 Å². The van der Waals surface area contributed by atoms with E-state index in [1.54, 1.807) is 38.4 Å². The first kappa shape index (κ1) is 17.0. The van der Waals surface area contributed by atoms with Crippen LogP contribution in [0.4, 0.5) is 5.69 Å². The summed E-state index contributed by atoms with van der Waals surface area (Å²) in [7, 11) is 3.35. The molecule has 0 bridgehead atoms. The number of likely N-dealkylation sites (N-methyl/N-ethyl adjacent to an activating group) is 1. The summed E-state index contributed by atoms with van der Waals surface area (Å²) in [5, 5.41) is 4.77. The molecule has 130 valence electrons. The smallest absolute Gasteiger partial charge is 0.259 e. The fraction of sp³-hybridized carbons (Fsp3) is 0.235. The number of aromatic nitrogens is 2. The Morgan fingerprint density at radius 3 is 2.72 bits per heavy atom. The monoisotopic (exact) mass is 358 g/mol. The zero-order valence-electron chi connectivity index (χ0n) is 13.9. The number of hydrogen-bond donors (Lipinski definition) is 1. The highest BCUT2D eigenvalue weighted by Gasteiger charge is 2.09. The minimum absolute atomic E-state index is 0.0177. The fourth-order valence-corrected chi connectivity index (χ4v) is 2.86. The van der Waals surface area contributed by atoms with Crippen molar-refractivity contribution in [1.29, 1.82) is 0 Å². The molecule has 1 N–H and O–H groups in total. The molecule has 0 aliphatic carbocycles. The molecule has 0 aliphatic heterocycles. The number of rotatable bonds is 6. The minimum Gasteiger partial charge on any atom is -0.484 e. The average molecular weight is 358 g/mol. The van der Waals surface area contributed by atoms with Gasteiger partial charge in [-0.15, -0.1) is 11.3 Å². The lowest BCUT2D eigenvalue weighted by atomic mass is 10.2. The number of thiazole rings is 1. The Hall–Kier alpha value is -2.87. The molecule has 2 amide bonds. The molecule has 0 saturated heterocycles. The molecule has 0 fully saturated rings. The van der Waals surface area contributed by atoms with Gasteiger partial charge in [-0.3, -0.25) is 14.0 Å². The van der Waals surface area contributed by atoms with Gasteiger partial charge < -0.3 is 15.0 Å². The van der Waals surface area contributed by atoms with E-state index in [9.17, 15) is 9.59 Å². The Kier molecular flexibility index (Phi) is 4.99. The number of carbonyl (C=O) groups is 2. The molecule has 0 aliphatic rings. The van der Waals surface area contributed by atoms with Crippen LogP contribution in [0.1, 0.15) is 5.69 Å². The van der Waals surface area contributed by atoms with Gasteiger partial charge in [-0.25, -0.2) is 4.98 Å². The molecule has 0 radical (unpaired) electrons. The Morgan fingerprint density at radius 2 is 2.04 bits per heavy atom. The summed E-state index contributed by atoms with van der Waals surface area (Å²) in [6.45, 7) is -0.0177. The normalized spacial score (nSPS) is 10.6. The third-order valence-electron chi connectivity index (χ3n) is 3.48. The second-order valence-corrected chi connectivity index (χ2v) is 6.52. The van der Waals surface area contributed by atoms with E-state index in [1.807, 2.05) is 22.2 Å². The van der Waals surface area contributed by atoms with Gasteiger partial charge in [0.1, 0.15) is 5.75 Å². The molecule has 7 nitrogen and oxygen atoms in total.